The van der Waals surface area contributed by atoms with Crippen LogP contribution in [-0.4, -0.2) is 22.2 Å². The van der Waals surface area contributed by atoms with E-state index in [4.69, 9.17) is 4.52 Å². The Labute approximate surface area is 156 Å². The SMILES string of the molecule is CCC(C)NC(=O)Nc1ccc(-c2noc(-c3ccc(C)c(F)c3)n2)cc1. The number of hydrogen-bond acceptors (Lipinski definition) is 4. The quantitative estimate of drug-likeness (QED) is 0.680. The zero-order chi connectivity index (χ0) is 19.4. The monoisotopic (exact) mass is 368 g/mol. The van der Waals surface area contributed by atoms with E-state index in [1.807, 2.05) is 13.8 Å². The number of aryl methyl sites for hydroxylation is 1. The molecule has 7 heteroatoms. The molecule has 3 rings (SSSR count). The molecule has 1 atom stereocenters. The van der Waals surface area contributed by atoms with Crippen LogP contribution < -0.4 is 10.6 Å². The summed E-state index contributed by atoms with van der Waals surface area (Å²) in [7, 11) is 0. The van der Waals surface area contributed by atoms with E-state index < -0.39 is 0 Å². The third kappa shape index (κ3) is 4.49. The van der Waals surface area contributed by atoms with Gasteiger partial charge in [-0.25, -0.2) is 9.18 Å². The minimum absolute atomic E-state index is 0.105. The van der Waals surface area contributed by atoms with Crippen molar-refractivity contribution in [3.8, 4) is 22.8 Å². The van der Waals surface area contributed by atoms with Gasteiger partial charge in [0.05, 0.1) is 0 Å². The number of rotatable bonds is 5. The van der Waals surface area contributed by atoms with Crippen LogP contribution in [0, 0.1) is 12.7 Å². The maximum Gasteiger partial charge on any atom is 0.319 e. The zero-order valence-corrected chi connectivity index (χ0v) is 15.4. The van der Waals surface area contributed by atoms with Crippen molar-refractivity contribution in [2.24, 2.45) is 0 Å². The summed E-state index contributed by atoms with van der Waals surface area (Å²) in [5.74, 6) is 0.318. The molecule has 0 fully saturated rings. The molecule has 2 N–H and O–H groups in total. The van der Waals surface area contributed by atoms with Gasteiger partial charge in [-0.3, -0.25) is 0 Å². The van der Waals surface area contributed by atoms with Gasteiger partial charge in [0.2, 0.25) is 5.82 Å². The molecule has 1 unspecified atom stereocenters. The van der Waals surface area contributed by atoms with Crippen molar-refractivity contribution in [3.63, 3.8) is 0 Å². The number of nitrogens with zero attached hydrogens (tertiary/aromatic N) is 2. The van der Waals surface area contributed by atoms with Crippen molar-refractivity contribution in [3.05, 3.63) is 53.8 Å². The second-order valence-corrected chi connectivity index (χ2v) is 6.37. The minimum atomic E-state index is -0.321. The smallest absolute Gasteiger partial charge is 0.319 e. The van der Waals surface area contributed by atoms with Gasteiger partial charge in [0.25, 0.3) is 5.89 Å². The number of carbonyl (C=O) groups is 1. The Morgan fingerprint density at radius 3 is 2.56 bits per heavy atom. The van der Waals surface area contributed by atoms with E-state index >= 15 is 0 Å². The molecule has 1 heterocycles. The number of halogens is 1. The molecule has 0 aliphatic heterocycles. The Hall–Kier alpha value is -3.22. The Morgan fingerprint density at radius 1 is 1.19 bits per heavy atom. The number of anilines is 1. The van der Waals surface area contributed by atoms with Gasteiger partial charge in [-0.1, -0.05) is 18.1 Å². The lowest BCUT2D eigenvalue weighted by atomic mass is 10.1. The second-order valence-electron chi connectivity index (χ2n) is 6.37. The lowest BCUT2D eigenvalue weighted by molar-refractivity contribution is 0.249. The van der Waals surface area contributed by atoms with E-state index in [1.54, 1.807) is 43.3 Å². The number of hydrogen-bond donors (Lipinski definition) is 2. The lowest BCUT2D eigenvalue weighted by Gasteiger charge is -2.12. The number of nitrogens with one attached hydrogen (secondary N) is 2. The molecule has 2 aromatic carbocycles. The fourth-order valence-electron chi connectivity index (χ4n) is 2.38. The first-order valence-corrected chi connectivity index (χ1v) is 8.74. The molecule has 140 valence electrons. The van der Waals surface area contributed by atoms with Gasteiger partial charge >= 0.3 is 6.03 Å². The predicted molar refractivity (Wildman–Crippen MR) is 102 cm³/mol. The van der Waals surface area contributed by atoms with Crippen LogP contribution in [0.2, 0.25) is 0 Å². The molecule has 0 spiro atoms. The van der Waals surface area contributed by atoms with Crippen molar-refractivity contribution in [2.45, 2.75) is 33.2 Å². The van der Waals surface area contributed by atoms with E-state index in [1.165, 1.54) is 6.07 Å². The van der Waals surface area contributed by atoms with Crippen molar-refractivity contribution in [1.29, 1.82) is 0 Å². The summed E-state index contributed by atoms with van der Waals surface area (Å²) < 4.78 is 19.0. The molecule has 6 nitrogen and oxygen atoms in total. The zero-order valence-electron chi connectivity index (χ0n) is 15.4. The Bertz CT molecular complexity index is 937. The van der Waals surface area contributed by atoms with Crippen LogP contribution in [0.5, 0.6) is 0 Å². The fraction of sp³-hybridized carbons (Fsp3) is 0.250. The van der Waals surface area contributed by atoms with E-state index in [0.29, 0.717) is 22.6 Å². The summed E-state index contributed by atoms with van der Waals surface area (Å²) in [6.45, 7) is 5.64. The molecule has 0 saturated heterocycles. The molecular weight excluding hydrogens is 347 g/mol. The Morgan fingerprint density at radius 2 is 1.89 bits per heavy atom. The van der Waals surface area contributed by atoms with Crippen LogP contribution in [-0.2, 0) is 0 Å². The van der Waals surface area contributed by atoms with Crippen LogP contribution in [0.1, 0.15) is 25.8 Å². The highest BCUT2D eigenvalue weighted by molar-refractivity contribution is 5.89. The highest BCUT2D eigenvalue weighted by atomic mass is 19.1. The molecule has 0 saturated carbocycles. The maximum atomic E-state index is 13.7. The lowest BCUT2D eigenvalue weighted by Crippen LogP contribution is -2.35. The average molecular weight is 368 g/mol. The molecule has 0 radical (unpaired) electrons. The Kier molecular flexibility index (Phi) is 5.49. The van der Waals surface area contributed by atoms with Crippen LogP contribution >= 0.6 is 0 Å². The number of carbonyl (C=O) groups excluding carboxylic acids is 1. The minimum Gasteiger partial charge on any atom is -0.335 e. The molecule has 27 heavy (non-hydrogen) atoms. The van der Waals surface area contributed by atoms with E-state index in [-0.39, 0.29) is 23.8 Å². The summed E-state index contributed by atoms with van der Waals surface area (Å²) in [6.07, 6.45) is 0.859. The first-order chi connectivity index (χ1) is 13.0. The topological polar surface area (TPSA) is 80.0 Å². The van der Waals surface area contributed by atoms with Gasteiger partial charge in [-0.2, -0.15) is 4.98 Å². The van der Waals surface area contributed by atoms with Gasteiger partial charge < -0.3 is 15.2 Å². The first-order valence-electron chi connectivity index (χ1n) is 8.74. The van der Waals surface area contributed by atoms with Gasteiger partial charge in [0, 0.05) is 22.9 Å². The van der Waals surface area contributed by atoms with Crippen molar-refractivity contribution in [2.75, 3.05) is 5.32 Å². The molecule has 1 aromatic heterocycles. The standard InChI is InChI=1S/C20H21FN4O2/c1-4-13(3)22-20(26)23-16-9-7-14(8-10-16)18-24-19(27-25-18)15-6-5-12(2)17(21)11-15/h5-11,13H,4H2,1-3H3,(H2,22,23,26). The Balaban J connectivity index is 1.71. The van der Waals surface area contributed by atoms with E-state index in [9.17, 15) is 9.18 Å². The van der Waals surface area contributed by atoms with Crippen LogP contribution in [0.25, 0.3) is 22.8 Å². The van der Waals surface area contributed by atoms with Crippen molar-refractivity contribution in [1.82, 2.24) is 15.5 Å². The average Bonchev–Trinajstić information content (AvgIpc) is 3.14. The predicted octanol–water partition coefficient (Wildman–Crippen LogP) is 4.77. The number of amides is 2. The summed E-state index contributed by atoms with van der Waals surface area (Å²) in [6, 6.07) is 11.7. The van der Waals surface area contributed by atoms with Crippen molar-refractivity contribution < 1.29 is 13.7 Å². The third-order valence-corrected chi connectivity index (χ3v) is 4.24. The van der Waals surface area contributed by atoms with Crippen molar-refractivity contribution >= 4 is 11.7 Å². The van der Waals surface area contributed by atoms with Gasteiger partial charge in [-0.15, -0.1) is 0 Å². The molecule has 0 bridgehead atoms. The number of urea groups is 1. The largest absolute Gasteiger partial charge is 0.335 e. The first kappa shape index (κ1) is 18.6. The summed E-state index contributed by atoms with van der Waals surface area (Å²) in [5.41, 5.74) is 2.46. The van der Waals surface area contributed by atoms with E-state index in [0.717, 1.165) is 12.0 Å². The number of benzene rings is 2. The van der Waals surface area contributed by atoms with Crippen LogP contribution in [0.15, 0.2) is 47.0 Å². The molecule has 3 aromatic rings. The van der Waals surface area contributed by atoms with Gasteiger partial charge in [0.15, 0.2) is 0 Å². The van der Waals surface area contributed by atoms with E-state index in [2.05, 4.69) is 20.8 Å². The molecule has 2 amide bonds. The highest BCUT2D eigenvalue weighted by Crippen LogP contribution is 2.24. The van der Waals surface area contributed by atoms with Crippen LogP contribution in [0.4, 0.5) is 14.9 Å². The molecular formula is C20H21FN4O2. The van der Waals surface area contributed by atoms with Gasteiger partial charge in [-0.05, 0) is 62.2 Å². The normalized spacial score (nSPS) is 11.9. The fourth-order valence-corrected chi connectivity index (χ4v) is 2.38. The highest BCUT2D eigenvalue weighted by Gasteiger charge is 2.12. The summed E-state index contributed by atoms with van der Waals surface area (Å²) in [5, 5.41) is 9.55. The molecule has 0 aliphatic rings. The molecule has 0 aliphatic carbocycles. The summed E-state index contributed by atoms with van der Waals surface area (Å²) >= 11 is 0. The second kappa shape index (κ2) is 7.99. The summed E-state index contributed by atoms with van der Waals surface area (Å²) in [4.78, 5) is 16.2. The van der Waals surface area contributed by atoms with Gasteiger partial charge in [0.1, 0.15) is 5.82 Å². The number of aromatic nitrogens is 2. The van der Waals surface area contributed by atoms with Crippen LogP contribution in [0.3, 0.4) is 0 Å². The maximum absolute atomic E-state index is 13.7. The third-order valence-electron chi connectivity index (χ3n) is 4.24.